The van der Waals surface area contributed by atoms with E-state index in [2.05, 4.69) is 26.1 Å². The molecule has 5 nitrogen and oxygen atoms in total. The summed E-state index contributed by atoms with van der Waals surface area (Å²) in [5.74, 6) is 0.515. The van der Waals surface area contributed by atoms with Crippen molar-refractivity contribution in [2.45, 2.75) is 46.5 Å². The van der Waals surface area contributed by atoms with Gasteiger partial charge in [-0.15, -0.1) is 0 Å². The molecule has 0 bridgehead atoms. The third-order valence-corrected chi connectivity index (χ3v) is 3.24. The molecule has 0 aliphatic carbocycles. The summed E-state index contributed by atoms with van der Waals surface area (Å²) < 4.78 is 10.3. The number of ether oxygens (including phenoxy) is 1. The Hall–Kier alpha value is -2.30. The first-order chi connectivity index (χ1) is 11.5. The summed E-state index contributed by atoms with van der Waals surface area (Å²) >= 11 is 0. The zero-order chi connectivity index (χ0) is 17.9. The van der Waals surface area contributed by atoms with Crippen LogP contribution in [0.4, 0.5) is 0 Å². The van der Waals surface area contributed by atoms with Crippen LogP contribution in [0.2, 0.25) is 0 Å². The van der Waals surface area contributed by atoms with Crippen LogP contribution in [0, 0.1) is 0 Å². The zero-order valence-electron chi connectivity index (χ0n) is 15.0. The van der Waals surface area contributed by atoms with Crippen LogP contribution in [0.3, 0.4) is 0 Å². The summed E-state index contributed by atoms with van der Waals surface area (Å²) in [4.78, 5) is 23.5. The van der Waals surface area contributed by atoms with Gasteiger partial charge in [0.05, 0.1) is 13.5 Å². The SMILES string of the molecule is CCC.CCCCNC(=O)Cc1cc(=O)oc2cc(OC)ccc12. The van der Waals surface area contributed by atoms with E-state index >= 15 is 0 Å². The van der Waals surface area contributed by atoms with Crippen molar-refractivity contribution in [3.63, 3.8) is 0 Å². The molecule has 0 saturated carbocycles. The molecule has 0 unspecified atom stereocenters. The molecule has 5 heteroatoms. The van der Waals surface area contributed by atoms with E-state index in [1.807, 2.05) is 0 Å². The summed E-state index contributed by atoms with van der Waals surface area (Å²) in [7, 11) is 1.55. The molecule has 2 aromatic rings. The van der Waals surface area contributed by atoms with Crippen LogP contribution in [0.15, 0.2) is 33.5 Å². The van der Waals surface area contributed by atoms with Crippen LogP contribution in [0.5, 0.6) is 5.75 Å². The van der Waals surface area contributed by atoms with Crippen molar-refractivity contribution in [1.82, 2.24) is 5.32 Å². The van der Waals surface area contributed by atoms with E-state index in [-0.39, 0.29) is 12.3 Å². The first-order valence-corrected chi connectivity index (χ1v) is 8.43. The van der Waals surface area contributed by atoms with Gasteiger partial charge in [-0.1, -0.05) is 33.6 Å². The maximum Gasteiger partial charge on any atom is 0.336 e. The molecule has 1 aromatic heterocycles. The molecule has 24 heavy (non-hydrogen) atoms. The number of unbranched alkanes of at least 4 members (excludes halogenated alkanes) is 1. The summed E-state index contributed by atoms with van der Waals surface area (Å²) in [6.45, 7) is 6.97. The third-order valence-electron chi connectivity index (χ3n) is 3.24. The molecular weight excluding hydrogens is 306 g/mol. The van der Waals surface area contributed by atoms with Gasteiger partial charge in [-0.2, -0.15) is 0 Å². The van der Waals surface area contributed by atoms with Crippen molar-refractivity contribution < 1.29 is 13.9 Å². The molecule has 2 rings (SSSR count). The number of benzene rings is 1. The van der Waals surface area contributed by atoms with Crippen LogP contribution in [0.1, 0.15) is 45.6 Å². The topological polar surface area (TPSA) is 68.5 Å². The quantitative estimate of drug-likeness (QED) is 0.647. The number of fused-ring (bicyclic) bond motifs is 1. The fourth-order valence-corrected chi connectivity index (χ4v) is 2.12. The summed E-state index contributed by atoms with van der Waals surface area (Å²) in [6, 6.07) is 6.59. The molecule has 0 radical (unpaired) electrons. The maximum absolute atomic E-state index is 11.9. The van der Waals surface area contributed by atoms with Gasteiger partial charge >= 0.3 is 5.63 Å². The third kappa shape index (κ3) is 6.07. The summed E-state index contributed by atoms with van der Waals surface area (Å²) in [6.07, 6.45) is 3.39. The van der Waals surface area contributed by atoms with Gasteiger partial charge in [-0.05, 0) is 24.1 Å². The molecule has 1 amide bonds. The highest BCUT2D eigenvalue weighted by Gasteiger charge is 2.10. The van der Waals surface area contributed by atoms with E-state index in [0.29, 0.717) is 23.4 Å². The molecule has 1 heterocycles. The number of carbonyl (C=O) groups is 1. The largest absolute Gasteiger partial charge is 0.497 e. The molecule has 0 fully saturated rings. The predicted octanol–water partition coefficient (Wildman–Crippen LogP) is 3.68. The smallest absolute Gasteiger partial charge is 0.336 e. The second-order valence-electron chi connectivity index (χ2n) is 5.54. The first-order valence-electron chi connectivity index (χ1n) is 8.43. The maximum atomic E-state index is 11.9. The average molecular weight is 333 g/mol. The minimum atomic E-state index is -0.466. The Balaban J connectivity index is 0.000000891. The average Bonchev–Trinajstić information content (AvgIpc) is 2.55. The standard InChI is InChI=1S/C16H19NO4.C3H8/c1-3-4-7-17-15(18)8-11-9-16(19)21-14-10-12(20-2)5-6-13(11)14;1-3-2/h5-6,9-10H,3-4,7-8H2,1-2H3,(H,17,18);3H2,1-2H3. The van der Waals surface area contributed by atoms with Gasteiger partial charge in [-0.3, -0.25) is 4.79 Å². The van der Waals surface area contributed by atoms with Crippen LogP contribution in [-0.2, 0) is 11.2 Å². The Morgan fingerprint density at radius 2 is 1.92 bits per heavy atom. The van der Waals surface area contributed by atoms with Gasteiger partial charge in [0.15, 0.2) is 0 Å². The number of carbonyl (C=O) groups excluding carboxylic acids is 1. The highest BCUT2D eigenvalue weighted by molar-refractivity contribution is 5.87. The monoisotopic (exact) mass is 333 g/mol. The molecule has 132 valence electrons. The minimum absolute atomic E-state index is 0.0915. The molecule has 0 aliphatic rings. The molecular formula is C19H27NO4. The molecule has 0 saturated heterocycles. The molecule has 0 atom stereocenters. The Labute approximate surface area is 143 Å². The molecule has 1 aromatic carbocycles. The normalized spacial score (nSPS) is 10.0. The van der Waals surface area contributed by atoms with E-state index in [0.717, 1.165) is 18.2 Å². The van der Waals surface area contributed by atoms with Gasteiger partial charge in [-0.25, -0.2) is 4.79 Å². The van der Waals surface area contributed by atoms with Crippen LogP contribution in [0.25, 0.3) is 11.0 Å². The second kappa shape index (κ2) is 10.5. The lowest BCUT2D eigenvalue weighted by Gasteiger charge is -2.07. The summed E-state index contributed by atoms with van der Waals surface area (Å²) in [5, 5.41) is 3.59. The Kier molecular flexibility index (Phi) is 8.61. The number of nitrogens with one attached hydrogen (secondary N) is 1. The van der Waals surface area contributed by atoms with Crippen molar-refractivity contribution in [3.8, 4) is 5.75 Å². The van der Waals surface area contributed by atoms with Gasteiger partial charge in [0.25, 0.3) is 0 Å². The lowest BCUT2D eigenvalue weighted by Crippen LogP contribution is -2.26. The van der Waals surface area contributed by atoms with Gasteiger partial charge in [0.2, 0.25) is 5.91 Å². The van der Waals surface area contributed by atoms with E-state index in [9.17, 15) is 9.59 Å². The van der Waals surface area contributed by atoms with Crippen molar-refractivity contribution in [2.75, 3.05) is 13.7 Å². The number of rotatable bonds is 6. The van der Waals surface area contributed by atoms with Crippen molar-refractivity contribution in [3.05, 3.63) is 40.2 Å². The Bertz CT molecular complexity index is 706. The molecule has 0 aliphatic heterocycles. The Morgan fingerprint density at radius 1 is 1.21 bits per heavy atom. The summed E-state index contributed by atoms with van der Waals surface area (Å²) in [5.41, 5.74) is 0.628. The van der Waals surface area contributed by atoms with Gasteiger partial charge in [0, 0.05) is 24.1 Å². The lowest BCUT2D eigenvalue weighted by atomic mass is 10.1. The fourth-order valence-electron chi connectivity index (χ4n) is 2.12. The van der Waals surface area contributed by atoms with Crippen LogP contribution in [-0.4, -0.2) is 19.6 Å². The second-order valence-corrected chi connectivity index (χ2v) is 5.54. The van der Waals surface area contributed by atoms with Crippen LogP contribution >= 0.6 is 0 Å². The van der Waals surface area contributed by atoms with Gasteiger partial charge < -0.3 is 14.5 Å². The first kappa shape index (κ1) is 19.7. The highest BCUT2D eigenvalue weighted by atomic mass is 16.5. The van der Waals surface area contributed by atoms with Crippen molar-refractivity contribution in [2.24, 2.45) is 0 Å². The van der Waals surface area contributed by atoms with Crippen LogP contribution < -0.4 is 15.7 Å². The fraction of sp³-hybridized carbons (Fsp3) is 0.474. The van der Waals surface area contributed by atoms with E-state index in [4.69, 9.17) is 9.15 Å². The number of methoxy groups -OCH3 is 1. The van der Waals surface area contributed by atoms with Gasteiger partial charge in [0.1, 0.15) is 11.3 Å². The minimum Gasteiger partial charge on any atom is -0.497 e. The predicted molar refractivity (Wildman–Crippen MR) is 96.6 cm³/mol. The Morgan fingerprint density at radius 3 is 2.54 bits per heavy atom. The van der Waals surface area contributed by atoms with E-state index in [1.54, 1.807) is 25.3 Å². The van der Waals surface area contributed by atoms with E-state index < -0.39 is 5.63 Å². The molecule has 1 N–H and O–H groups in total. The highest BCUT2D eigenvalue weighted by Crippen LogP contribution is 2.22. The van der Waals surface area contributed by atoms with Crippen molar-refractivity contribution >= 4 is 16.9 Å². The molecule has 0 spiro atoms. The van der Waals surface area contributed by atoms with E-state index in [1.165, 1.54) is 12.5 Å². The lowest BCUT2D eigenvalue weighted by molar-refractivity contribution is -0.120. The number of hydrogen-bond donors (Lipinski definition) is 1. The van der Waals surface area contributed by atoms with Crippen molar-refractivity contribution in [1.29, 1.82) is 0 Å². The number of hydrogen-bond acceptors (Lipinski definition) is 4. The number of amides is 1. The zero-order valence-corrected chi connectivity index (χ0v) is 15.0.